The second-order valence-corrected chi connectivity index (χ2v) is 6.57. The van der Waals surface area contributed by atoms with E-state index < -0.39 is 5.60 Å². The van der Waals surface area contributed by atoms with Crippen molar-refractivity contribution < 1.29 is 9.53 Å². The van der Waals surface area contributed by atoms with Gasteiger partial charge in [-0.05, 0) is 44.9 Å². The predicted octanol–water partition coefficient (Wildman–Crippen LogP) is 2.34. The Bertz CT molecular complexity index is 772. The Kier molecular flexibility index (Phi) is 3.71. The van der Waals surface area contributed by atoms with Gasteiger partial charge in [0.05, 0.1) is 5.69 Å². The largest absolute Gasteiger partial charge is 0.444 e. The highest BCUT2D eigenvalue weighted by Gasteiger charge is 2.24. The first kappa shape index (κ1) is 15.3. The molecule has 2 aromatic rings. The molecule has 7 nitrogen and oxygen atoms in total. The summed E-state index contributed by atoms with van der Waals surface area (Å²) in [5.74, 6) is 0.457. The van der Waals surface area contributed by atoms with E-state index in [4.69, 9.17) is 10.5 Å². The van der Waals surface area contributed by atoms with Crippen LogP contribution in [0.1, 0.15) is 32.9 Å². The minimum Gasteiger partial charge on any atom is -0.444 e. The topological polar surface area (TPSA) is 85.8 Å². The molecule has 1 amide bonds. The number of amides is 1. The highest BCUT2D eigenvalue weighted by molar-refractivity contribution is 5.75. The van der Waals surface area contributed by atoms with E-state index in [0.29, 0.717) is 18.9 Å². The minimum absolute atomic E-state index is 0.278. The second-order valence-electron chi connectivity index (χ2n) is 6.57. The van der Waals surface area contributed by atoms with E-state index >= 15 is 0 Å². The molecule has 2 aromatic heterocycles. The lowest BCUT2D eigenvalue weighted by Crippen LogP contribution is -2.39. The SMILES string of the molecule is CC(C)(C)OC(=O)N1CC=C(c2ccc3c(N)ncnn23)CC1. The van der Waals surface area contributed by atoms with E-state index in [2.05, 4.69) is 10.1 Å². The first-order chi connectivity index (χ1) is 10.8. The maximum atomic E-state index is 12.1. The van der Waals surface area contributed by atoms with Crippen LogP contribution in [0.4, 0.5) is 10.6 Å². The highest BCUT2D eigenvalue weighted by Crippen LogP contribution is 2.25. The van der Waals surface area contributed by atoms with E-state index in [9.17, 15) is 4.79 Å². The first-order valence-corrected chi connectivity index (χ1v) is 7.61. The Balaban J connectivity index is 1.79. The van der Waals surface area contributed by atoms with E-state index in [1.165, 1.54) is 6.33 Å². The fraction of sp³-hybridized carbons (Fsp3) is 0.438. The summed E-state index contributed by atoms with van der Waals surface area (Å²) in [5, 5.41) is 4.26. The fourth-order valence-corrected chi connectivity index (χ4v) is 2.59. The molecule has 0 aliphatic carbocycles. The van der Waals surface area contributed by atoms with E-state index in [-0.39, 0.29) is 6.09 Å². The van der Waals surface area contributed by atoms with E-state index in [1.54, 1.807) is 9.42 Å². The van der Waals surface area contributed by atoms with Gasteiger partial charge in [0.25, 0.3) is 0 Å². The Morgan fingerprint density at radius 3 is 2.78 bits per heavy atom. The van der Waals surface area contributed by atoms with Crippen LogP contribution in [0.2, 0.25) is 0 Å². The summed E-state index contributed by atoms with van der Waals surface area (Å²) in [5.41, 5.74) is 8.30. The van der Waals surface area contributed by atoms with Crippen molar-refractivity contribution in [2.24, 2.45) is 0 Å². The zero-order chi connectivity index (χ0) is 16.6. The monoisotopic (exact) mass is 315 g/mol. The lowest BCUT2D eigenvalue weighted by atomic mass is 10.1. The molecule has 23 heavy (non-hydrogen) atoms. The molecule has 0 spiro atoms. The molecule has 7 heteroatoms. The molecule has 3 rings (SSSR count). The average molecular weight is 315 g/mol. The maximum Gasteiger partial charge on any atom is 0.410 e. The summed E-state index contributed by atoms with van der Waals surface area (Å²) in [7, 11) is 0. The van der Waals surface area contributed by atoms with Crippen LogP contribution < -0.4 is 5.73 Å². The predicted molar refractivity (Wildman–Crippen MR) is 87.8 cm³/mol. The van der Waals surface area contributed by atoms with E-state index in [1.807, 2.05) is 39.0 Å². The fourth-order valence-electron chi connectivity index (χ4n) is 2.59. The summed E-state index contributed by atoms with van der Waals surface area (Å²) < 4.78 is 7.19. The Hall–Kier alpha value is -2.57. The van der Waals surface area contributed by atoms with Gasteiger partial charge in [-0.3, -0.25) is 0 Å². The number of fused-ring (bicyclic) bond motifs is 1. The number of ether oxygens (including phenoxy) is 1. The molecule has 0 radical (unpaired) electrons. The number of hydrogen-bond acceptors (Lipinski definition) is 5. The number of anilines is 1. The number of hydrogen-bond donors (Lipinski definition) is 1. The number of nitrogen functional groups attached to an aromatic ring is 1. The van der Waals surface area contributed by atoms with Crippen LogP contribution in [0.25, 0.3) is 11.1 Å². The average Bonchev–Trinajstić information content (AvgIpc) is 2.91. The zero-order valence-electron chi connectivity index (χ0n) is 13.6. The van der Waals surface area contributed by atoms with Gasteiger partial charge in [-0.2, -0.15) is 5.10 Å². The van der Waals surface area contributed by atoms with Crippen molar-refractivity contribution in [3.05, 3.63) is 30.2 Å². The number of nitrogens with two attached hydrogens (primary N) is 1. The Morgan fingerprint density at radius 2 is 2.13 bits per heavy atom. The quantitative estimate of drug-likeness (QED) is 0.873. The lowest BCUT2D eigenvalue weighted by Gasteiger charge is -2.29. The van der Waals surface area contributed by atoms with E-state index in [0.717, 1.165) is 23.2 Å². The molecule has 0 unspecified atom stereocenters. The smallest absolute Gasteiger partial charge is 0.410 e. The molecule has 0 atom stereocenters. The van der Waals surface area contributed by atoms with Gasteiger partial charge in [0, 0.05) is 13.1 Å². The van der Waals surface area contributed by atoms with Crippen molar-refractivity contribution in [1.29, 1.82) is 0 Å². The second kappa shape index (κ2) is 5.57. The normalized spacial score (nSPS) is 15.6. The number of nitrogens with zero attached hydrogens (tertiary/aromatic N) is 4. The zero-order valence-corrected chi connectivity index (χ0v) is 13.6. The van der Waals surface area contributed by atoms with Gasteiger partial charge in [0.2, 0.25) is 0 Å². The van der Waals surface area contributed by atoms with Gasteiger partial charge in [-0.25, -0.2) is 14.3 Å². The van der Waals surface area contributed by atoms with Crippen LogP contribution in [0, 0.1) is 0 Å². The van der Waals surface area contributed by atoms with Crippen LogP contribution in [0.5, 0.6) is 0 Å². The third-order valence-electron chi connectivity index (χ3n) is 3.67. The van der Waals surface area contributed by atoms with Crippen LogP contribution in [-0.4, -0.2) is 44.3 Å². The van der Waals surface area contributed by atoms with Crippen molar-refractivity contribution >= 4 is 23.0 Å². The first-order valence-electron chi connectivity index (χ1n) is 7.61. The van der Waals surface area contributed by atoms with Crippen molar-refractivity contribution in [3.8, 4) is 0 Å². The van der Waals surface area contributed by atoms with Gasteiger partial charge in [0.15, 0.2) is 5.82 Å². The molecule has 1 aliphatic rings. The molecule has 3 heterocycles. The molecule has 0 fully saturated rings. The van der Waals surface area contributed by atoms with Gasteiger partial charge < -0.3 is 15.4 Å². The summed E-state index contributed by atoms with van der Waals surface area (Å²) >= 11 is 0. The molecule has 1 aliphatic heterocycles. The Morgan fingerprint density at radius 1 is 1.35 bits per heavy atom. The van der Waals surface area contributed by atoms with Crippen molar-refractivity contribution in [2.75, 3.05) is 18.8 Å². The number of carbonyl (C=O) groups excluding carboxylic acids is 1. The molecular formula is C16H21N5O2. The van der Waals surface area contributed by atoms with Gasteiger partial charge in [-0.1, -0.05) is 6.08 Å². The summed E-state index contributed by atoms with van der Waals surface area (Å²) in [6, 6.07) is 3.89. The van der Waals surface area contributed by atoms with Gasteiger partial charge >= 0.3 is 6.09 Å². The molecule has 2 N–H and O–H groups in total. The maximum absolute atomic E-state index is 12.1. The standard InChI is InChI=1S/C16H21N5O2/c1-16(2,3)23-15(22)20-8-6-11(7-9-20)12-4-5-13-14(17)18-10-19-21(12)13/h4-6,10H,7-9H2,1-3H3,(H2,17,18,19). The van der Waals surface area contributed by atoms with Gasteiger partial charge in [-0.15, -0.1) is 0 Å². The van der Waals surface area contributed by atoms with Crippen molar-refractivity contribution in [3.63, 3.8) is 0 Å². The lowest BCUT2D eigenvalue weighted by molar-refractivity contribution is 0.0270. The highest BCUT2D eigenvalue weighted by atomic mass is 16.6. The summed E-state index contributed by atoms with van der Waals surface area (Å²) in [6.07, 6.45) is 3.95. The Labute approximate surface area is 134 Å². The molecule has 0 saturated carbocycles. The van der Waals surface area contributed by atoms with Crippen LogP contribution >= 0.6 is 0 Å². The number of aromatic nitrogens is 3. The van der Waals surface area contributed by atoms with Crippen LogP contribution in [0.15, 0.2) is 24.5 Å². The molecular weight excluding hydrogens is 294 g/mol. The van der Waals surface area contributed by atoms with Crippen molar-refractivity contribution in [2.45, 2.75) is 32.8 Å². The van der Waals surface area contributed by atoms with Crippen LogP contribution in [0.3, 0.4) is 0 Å². The van der Waals surface area contributed by atoms with Gasteiger partial charge in [0.1, 0.15) is 17.4 Å². The molecule has 0 saturated heterocycles. The molecule has 122 valence electrons. The number of rotatable bonds is 1. The third-order valence-corrected chi connectivity index (χ3v) is 3.67. The number of carbonyl (C=O) groups is 1. The summed E-state index contributed by atoms with van der Waals surface area (Å²) in [4.78, 5) is 17.8. The van der Waals surface area contributed by atoms with Crippen LogP contribution in [-0.2, 0) is 4.74 Å². The minimum atomic E-state index is -0.479. The molecule has 0 aromatic carbocycles. The van der Waals surface area contributed by atoms with Crippen molar-refractivity contribution in [1.82, 2.24) is 19.5 Å². The summed E-state index contributed by atoms with van der Waals surface area (Å²) in [6.45, 7) is 6.75. The third kappa shape index (κ3) is 3.13. The molecule has 0 bridgehead atoms.